The molecule has 6 nitrogen and oxygen atoms in total. The highest BCUT2D eigenvalue weighted by Gasteiger charge is 2.26. The van der Waals surface area contributed by atoms with Gasteiger partial charge in [0.25, 0.3) is 5.91 Å². The number of benzene rings is 1. The molecule has 0 unspecified atom stereocenters. The standard InChI is InChI=1S/C18H22N2O4S2/c1-24-15-6-8-16(9-7-15)26(22,23)19-12-14-4-2-10-20(13-14)18(21)17-5-3-11-25-17/h3,5-9,11,14,19H,2,4,10,12-13H2,1H3/t14-/m1/s1. The van der Waals surface area contributed by atoms with E-state index in [1.54, 1.807) is 12.1 Å². The van der Waals surface area contributed by atoms with Gasteiger partial charge in [-0.15, -0.1) is 11.3 Å². The van der Waals surface area contributed by atoms with E-state index >= 15 is 0 Å². The lowest BCUT2D eigenvalue weighted by atomic mass is 9.98. The molecule has 0 saturated carbocycles. The number of ether oxygens (including phenoxy) is 1. The van der Waals surface area contributed by atoms with E-state index in [0.717, 1.165) is 24.3 Å². The van der Waals surface area contributed by atoms with Gasteiger partial charge in [0.05, 0.1) is 16.9 Å². The number of likely N-dealkylation sites (tertiary alicyclic amines) is 1. The van der Waals surface area contributed by atoms with E-state index < -0.39 is 10.0 Å². The molecule has 1 saturated heterocycles. The Balaban J connectivity index is 1.59. The lowest BCUT2D eigenvalue weighted by Gasteiger charge is -2.32. The van der Waals surface area contributed by atoms with Gasteiger partial charge >= 0.3 is 0 Å². The summed E-state index contributed by atoms with van der Waals surface area (Å²) in [5, 5.41) is 1.89. The molecule has 1 N–H and O–H groups in total. The smallest absolute Gasteiger partial charge is 0.263 e. The predicted molar refractivity (Wildman–Crippen MR) is 101 cm³/mol. The molecule has 1 fully saturated rings. The summed E-state index contributed by atoms with van der Waals surface area (Å²) < 4.78 is 32.6. The first-order valence-electron chi connectivity index (χ1n) is 8.46. The van der Waals surface area contributed by atoms with E-state index in [-0.39, 0.29) is 16.7 Å². The van der Waals surface area contributed by atoms with Crippen molar-refractivity contribution in [2.75, 3.05) is 26.7 Å². The van der Waals surface area contributed by atoms with Gasteiger partial charge in [0.2, 0.25) is 10.0 Å². The molecule has 1 aromatic carbocycles. The van der Waals surface area contributed by atoms with Crippen LogP contribution in [0.4, 0.5) is 0 Å². The quantitative estimate of drug-likeness (QED) is 0.817. The fourth-order valence-corrected chi connectivity index (χ4v) is 4.84. The van der Waals surface area contributed by atoms with Crippen LogP contribution < -0.4 is 9.46 Å². The second kappa shape index (κ2) is 8.20. The summed E-state index contributed by atoms with van der Waals surface area (Å²) in [4.78, 5) is 15.2. The fraction of sp³-hybridized carbons (Fsp3) is 0.389. The van der Waals surface area contributed by atoms with E-state index in [1.807, 2.05) is 22.4 Å². The maximum absolute atomic E-state index is 12.5. The predicted octanol–water partition coefficient (Wildman–Crippen LogP) is 2.59. The summed E-state index contributed by atoms with van der Waals surface area (Å²) in [6.45, 7) is 1.61. The molecular weight excluding hydrogens is 372 g/mol. The largest absolute Gasteiger partial charge is 0.497 e. The zero-order valence-electron chi connectivity index (χ0n) is 14.6. The van der Waals surface area contributed by atoms with Crippen molar-refractivity contribution in [2.24, 2.45) is 5.92 Å². The Bertz CT molecular complexity index is 833. The van der Waals surface area contributed by atoms with Crippen molar-refractivity contribution < 1.29 is 17.9 Å². The van der Waals surface area contributed by atoms with E-state index in [4.69, 9.17) is 4.74 Å². The van der Waals surface area contributed by atoms with Gasteiger partial charge in [0, 0.05) is 19.6 Å². The van der Waals surface area contributed by atoms with Crippen LogP contribution in [0.1, 0.15) is 22.5 Å². The summed E-state index contributed by atoms with van der Waals surface area (Å²) in [7, 11) is -2.04. The molecule has 1 aromatic heterocycles. The molecule has 140 valence electrons. The van der Waals surface area contributed by atoms with Gasteiger partial charge in [-0.05, 0) is 54.5 Å². The number of rotatable bonds is 6. The number of amides is 1. The summed E-state index contributed by atoms with van der Waals surface area (Å²) in [6.07, 6.45) is 1.78. The number of sulfonamides is 1. The van der Waals surface area contributed by atoms with Crippen LogP contribution >= 0.6 is 11.3 Å². The average molecular weight is 395 g/mol. The molecule has 2 heterocycles. The monoisotopic (exact) mass is 394 g/mol. The summed E-state index contributed by atoms with van der Waals surface area (Å²) in [5.74, 6) is 0.752. The molecule has 0 bridgehead atoms. The van der Waals surface area contributed by atoms with E-state index in [0.29, 0.717) is 18.8 Å². The Morgan fingerprint density at radius 3 is 2.73 bits per heavy atom. The van der Waals surface area contributed by atoms with Gasteiger partial charge in [-0.25, -0.2) is 13.1 Å². The first-order chi connectivity index (χ1) is 12.5. The van der Waals surface area contributed by atoms with E-state index in [9.17, 15) is 13.2 Å². The van der Waals surface area contributed by atoms with Crippen LogP contribution in [-0.2, 0) is 10.0 Å². The van der Waals surface area contributed by atoms with Crippen molar-refractivity contribution in [3.63, 3.8) is 0 Å². The first-order valence-corrected chi connectivity index (χ1v) is 10.8. The van der Waals surface area contributed by atoms with Crippen LogP contribution in [0.3, 0.4) is 0 Å². The lowest BCUT2D eigenvalue weighted by Crippen LogP contribution is -2.43. The van der Waals surface area contributed by atoms with Crippen LogP contribution in [0.15, 0.2) is 46.7 Å². The Labute approximate surface area is 157 Å². The van der Waals surface area contributed by atoms with E-state index in [1.165, 1.54) is 30.6 Å². The molecule has 0 radical (unpaired) electrons. The van der Waals surface area contributed by atoms with Crippen LogP contribution in [0.2, 0.25) is 0 Å². The number of thiophene rings is 1. The Kier molecular flexibility index (Phi) is 5.95. The van der Waals surface area contributed by atoms with Crippen molar-refractivity contribution in [1.29, 1.82) is 0 Å². The third-order valence-electron chi connectivity index (χ3n) is 4.47. The van der Waals surface area contributed by atoms with Gasteiger partial charge in [-0.1, -0.05) is 6.07 Å². The van der Waals surface area contributed by atoms with Crippen LogP contribution in [0.25, 0.3) is 0 Å². The third kappa shape index (κ3) is 4.44. The molecule has 26 heavy (non-hydrogen) atoms. The lowest BCUT2D eigenvalue weighted by molar-refractivity contribution is 0.0681. The summed E-state index contributed by atoms with van der Waals surface area (Å²) in [6, 6.07) is 9.97. The van der Waals surface area contributed by atoms with Gasteiger partial charge in [-0.2, -0.15) is 0 Å². The van der Waals surface area contributed by atoms with Crippen LogP contribution in [0.5, 0.6) is 5.75 Å². The van der Waals surface area contributed by atoms with Crippen molar-refractivity contribution >= 4 is 27.3 Å². The normalized spacial score (nSPS) is 17.9. The SMILES string of the molecule is COc1ccc(S(=O)(=O)NC[C@H]2CCCN(C(=O)c3cccs3)C2)cc1. The maximum Gasteiger partial charge on any atom is 0.263 e. The number of carbonyl (C=O) groups excluding carboxylic acids is 1. The highest BCUT2D eigenvalue weighted by molar-refractivity contribution is 7.89. The number of methoxy groups -OCH3 is 1. The molecule has 0 spiro atoms. The topological polar surface area (TPSA) is 75.7 Å². The number of hydrogen-bond donors (Lipinski definition) is 1. The maximum atomic E-state index is 12.5. The minimum atomic E-state index is -3.57. The van der Waals surface area contributed by atoms with Crippen molar-refractivity contribution in [1.82, 2.24) is 9.62 Å². The fourth-order valence-electron chi connectivity index (χ4n) is 3.04. The number of nitrogens with one attached hydrogen (secondary N) is 1. The third-order valence-corrected chi connectivity index (χ3v) is 6.77. The summed E-state index contributed by atoms with van der Waals surface area (Å²) in [5.41, 5.74) is 0. The molecule has 1 atom stereocenters. The number of piperidine rings is 1. The molecule has 2 aromatic rings. The summed E-state index contributed by atoms with van der Waals surface area (Å²) >= 11 is 1.43. The number of nitrogens with zero attached hydrogens (tertiary/aromatic N) is 1. The second-order valence-electron chi connectivity index (χ2n) is 6.26. The number of hydrogen-bond acceptors (Lipinski definition) is 5. The van der Waals surface area contributed by atoms with Crippen LogP contribution in [-0.4, -0.2) is 46.0 Å². The zero-order valence-corrected chi connectivity index (χ0v) is 16.2. The van der Waals surface area contributed by atoms with Gasteiger partial charge in [0.15, 0.2) is 0 Å². The Morgan fingerprint density at radius 1 is 1.31 bits per heavy atom. The van der Waals surface area contributed by atoms with Crippen molar-refractivity contribution in [3.05, 3.63) is 46.7 Å². The van der Waals surface area contributed by atoms with Crippen molar-refractivity contribution in [2.45, 2.75) is 17.7 Å². The first kappa shape index (κ1) is 18.9. The average Bonchev–Trinajstić information content (AvgIpc) is 3.21. The molecule has 1 aliphatic rings. The van der Waals surface area contributed by atoms with E-state index in [2.05, 4.69) is 4.72 Å². The van der Waals surface area contributed by atoms with Gasteiger partial charge in [-0.3, -0.25) is 4.79 Å². The number of carbonyl (C=O) groups is 1. The highest BCUT2D eigenvalue weighted by atomic mass is 32.2. The Hall–Kier alpha value is -1.90. The zero-order chi connectivity index (χ0) is 18.6. The van der Waals surface area contributed by atoms with Gasteiger partial charge in [0.1, 0.15) is 5.75 Å². The minimum absolute atomic E-state index is 0.0303. The molecule has 8 heteroatoms. The molecule has 1 aliphatic heterocycles. The molecule has 1 amide bonds. The molecule has 0 aliphatic carbocycles. The van der Waals surface area contributed by atoms with Crippen LogP contribution in [0, 0.1) is 5.92 Å². The minimum Gasteiger partial charge on any atom is -0.497 e. The molecule has 3 rings (SSSR count). The highest BCUT2D eigenvalue weighted by Crippen LogP contribution is 2.21. The Morgan fingerprint density at radius 2 is 2.08 bits per heavy atom. The van der Waals surface area contributed by atoms with Crippen molar-refractivity contribution in [3.8, 4) is 5.75 Å². The van der Waals surface area contributed by atoms with Gasteiger partial charge < -0.3 is 9.64 Å². The molecular formula is C18H22N2O4S2. The second-order valence-corrected chi connectivity index (χ2v) is 8.98.